The number of aromatic carboxylic acids is 2. The van der Waals surface area contributed by atoms with E-state index in [0.29, 0.717) is 0 Å². The van der Waals surface area contributed by atoms with Gasteiger partial charge in [-0.25, -0.2) is 18.4 Å². The molecule has 0 radical (unpaired) electrons. The Morgan fingerprint density at radius 2 is 1.74 bits per heavy atom. The van der Waals surface area contributed by atoms with Gasteiger partial charge < -0.3 is 20.9 Å². The van der Waals surface area contributed by atoms with Crippen LogP contribution in [0.3, 0.4) is 0 Å². The molecule has 2 rings (SSSR count). The molecule has 0 amide bonds. The van der Waals surface area contributed by atoms with Crippen molar-refractivity contribution < 1.29 is 28.6 Å². The number of hydrogen-bond donors (Lipinski definition) is 4. The summed E-state index contributed by atoms with van der Waals surface area (Å²) in [5.41, 5.74) is 1.64. The molecule has 0 saturated heterocycles. The zero-order valence-electron chi connectivity index (χ0n) is 11.3. The monoisotopic (exact) mass is 324 g/mol. The Labute approximate surface area is 127 Å². The number of carbonyl (C=O) groups is 2. The Bertz CT molecular complexity index is 861. The highest BCUT2D eigenvalue weighted by Gasteiger charge is 2.26. The lowest BCUT2D eigenvalue weighted by Gasteiger charge is -2.13. The highest BCUT2D eigenvalue weighted by Crippen LogP contribution is 2.31. The molecule has 0 aliphatic carbocycles. The zero-order chi connectivity index (χ0) is 17.3. The first kappa shape index (κ1) is 16.1. The van der Waals surface area contributed by atoms with E-state index in [4.69, 9.17) is 5.73 Å². The van der Waals surface area contributed by atoms with Crippen LogP contribution in [0.15, 0.2) is 29.1 Å². The SMILES string of the molecule is Nc1[nH]c(=O)c(C(=O)O)c(-c2cccc(C(F)F)c2)c1C(=O)O. The van der Waals surface area contributed by atoms with E-state index in [9.17, 15) is 33.4 Å². The third-order valence-electron chi connectivity index (χ3n) is 3.10. The van der Waals surface area contributed by atoms with Crippen LogP contribution in [0.4, 0.5) is 14.6 Å². The minimum absolute atomic E-state index is 0.157. The largest absolute Gasteiger partial charge is 0.478 e. The Balaban J connectivity index is 2.94. The van der Waals surface area contributed by atoms with Crippen LogP contribution in [-0.4, -0.2) is 27.1 Å². The van der Waals surface area contributed by atoms with Gasteiger partial charge in [-0.1, -0.05) is 18.2 Å². The van der Waals surface area contributed by atoms with Crippen LogP contribution in [0.2, 0.25) is 0 Å². The number of alkyl halides is 2. The average Bonchev–Trinajstić information content (AvgIpc) is 2.45. The van der Waals surface area contributed by atoms with Crippen molar-refractivity contribution in [2.45, 2.75) is 6.43 Å². The summed E-state index contributed by atoms with van der Waals surface area (Å²) in [6, 6.07) is 4.42. The number of nitrogen functional groups attached to an aromatic ring is 1. The van der Waals surface area contributed by atoms with E-state index in [1.54, 1.807) is 0 Å². The molecule has 0 fully saturated rings. The molecule has 0 atom stereocenters. The number of carboxylic acids is 2. The van der Waals surface area contributed by atoms with Gasteiger partial charge in [0.2, 0.25) is 0 Å². The van der Waals surface area contributed by atoms with Gasteiger partial charge in [0.05, 0.1) is 0 Å². The smallest absolute Gasteiger partial charge is 0.342 e. The van der Waals surface area contributed by atoms with Crippen molar-refractivity contribution in [3.05, 3.63) is 51.3 Å². The van der Waals surface area contributed by atoms with E-state index in [1.165, 1.54) is 12.1 Å². The molecular formula is C14H10F2N2O5. The second kappa shape index (κ2) is 5.87. The zero-order valence-corrected chi connectivity index (χ0v) is 11.3. The lowest BCUT2D eigenvalue weighted by molar-refractivity contribution is 0.0695. The predicted molar refractivity (Wildman–Crippen MR) is 75.8 cm³/mol. The number of halogens is 2. The van der Waals surface area contributed by atoms with Crippen molar-refractivity contribution >= 4 is 17.8 Å². The Morgan fingerprint density at radius 1 is 1.13 bits per heavy atom. The van der Waals surface area contributed by atoms with Crippen molar-refractivity contribution in [1.29, 1.82) is 0 Å². The van der Waals surface area contributed by atoms with Crippen molar-refractivity contribution in [2.75, 3.05) is 5.73 Å². The molecule has 9 heteroatoms. The highest BCUT2D eigenvalue weighted by molar-refractivity contribution is 6.07. The van der Waals surface area contributed by atoms with E-state index >= 15 is 0 Å². The topological polar surface area (TPSA) is 133 Å². The number of aromatic amines is 1. The minimum Gasteiger partial charge on any atom is -0.478 e. The Kier molecular flexibility index (Phi) is 4.12. The van der Waals surface area contributed by atoms with Crippen molar-refractivity contribution in [2.24, 2.45) is 0 Å². The van der Waals surface area contributed by atoms with Gasteiger partial charge in [0, 0.05) is 11.1 Å². The molecule has 0 aliphatic heterocycles. The van der Waals surface area contributed by atoms with Crippen LogP contribution >= 0.6 is 0 Å². The van der Waals surface area contributed by atoms with E-state index in [0.717, 1.165) is 12.1 Å². The fourth-order valence-corrected chi connectivity index (χ4v) is 2.17. The van der Waals surface area contributed by atoms with Crippen LogP contribution in [0.25, 0.3) is 11.1 Å². The maximum absolute atomic E-state index is 12.8. The summed E-state index contributed by atoms with van der Waals surface area (Å²) in [5, 5.41) is 18.4. The molecule has 2 aromatic rings. The molecule has 0 bridgehead atoms. The molecule has 1 heterocycles. The summed E-state index contributed by atoms with van der Waals surface area (Å²) in [6.45, 7) is 0. The molecule has 120 valence electrons. The van der Waals surface area contributed by atoms with Gasteiger partial charge in [0.25, 0.3) is 12.0 Å². The summed E-state index contributed by atoms with van der Waals surface area (Å²) < 4.78 is 25.6. The fraction of sp³-hybridized carbons (Fsp3) is 0.0714. The molecule has 0 saturated carbocycles. The molecule has 1 aromatic carbocycles. The van der Waals surface area contributed by atoms with Gasteiger partial charge in [-0.05, 0) is 11.6 Å². The lowest BCUT2D eigenvalue weighted by atomic mass is 9.94. The van der Waals surface area contributed by atoms with Gasteiger partial charge in [-0.15, -0.1) is 0 Å². The quantitative estimate of drug-likeness (QED) is 0.679. The second-order valence-electron chi connectivity index (χ2n) is 4.53. The van der Waals surface area contributed by atoms with Gasteiger partial charge in [0.1, 0.15) is 16.9 Å². The average molecular weight is 324 g/mol. The van der Waals surface area contributed by atoms with Crippen LogP contribution in [0.1, 0.15) is 32.7 Å². The number of pyridine rings is 1. The van der Waals surface area contributed by atoms with E-state index in [2.05, 4.69) is 0 Å². The van der Waals surface area contributed by atoms with E-state index in [1.807, 2.05) is 4.98 Å². The third-order valence-corrected chi connectivity index (χ3v) is 3.10. The van der Waals surface area contributed by atoms with E-state index in [-0.39, 0.29) is 5.56 Å². The first-order valence-corrected chi connectivity index (χ1v) is 6.14. The number of aromatic nitrogens is 1. The molecular weight excluding hydrogens is 314 g/mol. The Morgan fingerprint density at radius 3 is 2.26 bits per heavy atom. The van der Waals surface area contributed by atoms with Crippen molar-refractivity contribution in [3.63, 3.8) is 0 Å². The maximum atomic E-state index is 12.8. The highest BCUT2D eigenvalue weighted by atomic mass is 19.3. The molecule has 0 unspecified atom stereocenters. The second-order valence-corrected chi connectivity index (χ2v) is 4.53. The van der Waals surface area contributed by atoms with Gasteiger partial charge >= 0.3 is 11.9 Å². The first-order valence-electron chi connectivity index (χ1n) is 6.14. The summed E-state index contributed by atoms with van der Waals surface area (Å²) in [6.07, 6.45) is -2.85. The molecule has 5 N–H and O–H groups in total. The number of benzene rings is 1. The first-order chi connectivity index (χ1) is 10.7. The molecule has 1 aromatic heterocycles. The predicted octanol–water partition coefficient (Wildman–Crippen LogP) is 1.96. The van der Waals surface area contributed by atoms with Crippen LogP contribution in [-0.2, 0) is 0 Å². The summed E-state index contributed by atoms with van der Waals surface area (Å²) >= 11 is 0. The standard InChI is InChI=1S/C14H10F2N2O5/c15-10(16)6-3-1-2-5(4-6)7-8(13(20)21)11(17)18-12(19)9(7)14(22)23/h1-4,10H,(H,20,21)(H,22,23)(H3,17,18,19). The number of carboxylic acid groups (broad SMARTS) is 2. The number of hydrogen-bond acceptors (Lipinski definition) is 4. The van der Waals surface area contributed by atoms with Gasteiger partial charge in [0.15, 0.2) is 0 Å². The number of H-pyrrole nitrogens is 1. The summed E-state index contributed by atoms with van der Waals surface area (Å²) in [5.74, 6) is -3.87. The van der Waals surface area contributed by atoms with Crippen LogP contribution in [0, 0.1) is 0 Å². The van der Waals surface area contributed by atoms with Crippen LogP contribution < -0.4 is 11.3 Å². The molecule has 0 aliphatic rings. The lowest BCUT2D eigenvalue weighted by Crippen LogP contribution is -2.24. The molecule has 23 heavy (non-hydrogen) atoms. The normalized spacial score (nSPS) is 10.7. The summed E-state index contributed by atoms with van der Waals surface area (Å²) in [7, 11) is 0. The van der Waals surface area contributed by atoms with Gasteiger partial charge in [-0.3, -0.25) is 4.79 Å². The van der Waals surface area contributed by atoms with Crippen molar-refractivity contribution in [1.82, 2.24) is 4.98 Å². The van der Waals surface area contributed by atoms with Crippen molar-refractivity contribution in [3.8, 4) is 11.1 Å². The minimum atomic E-state index is -2.85. The number of anilines is 1. The maximum Gasteiger partial charge on any atom is 0.342 e. The number of rotatable bonds is 4. The fourth-order valence-electron chi connectivity index (χ4n) is 2.17. The summed E-state index contributed by atoms with van der Waals surface area (Å²) in [4.78, 5) is 36.4. The van der Waals surface area contributed by atoms with E-state index < -0.39 is 52.0 Å². The third kappa shape index (κ3) is 2.89. The van der Waals surface area contributed by atoms with Crippen LogP contribution in [0.5, 0.6) is 0 Å². The Hall–Kier alpha value is -3.23. The molecule has 7 nitrogen and oxygen atoms in total. The number of nitrogens with two attached hydrogens (primary N) is 1. The number of nitrogens with one attached hydrogen (secondary N) is 1. The van der Waals surface area contributed by atoms with Gasteiger partial charge in [-0.2, -0.15) is 0 Å². The molecule has 0 spiro atoms.